The number of aliphatic hydroxyl groups excluding tert-OH is 1. The zero-order valence-corrected chi connectivity index (χ0v) is 18.5. The SMILES string of the molecule is N#Cc1cc(S)ccc1Cl.O=S(c1ccc(Cl)cc1Cl)N1CCC(O)(CO)C1. The van der Waals surface area contributed by atoms with Crippen molar-refractivity contribution < 1.29 is 14.4 Å². The van der Waals surface area contributed by atoms with Crippen molar-refractivity contribution in [2.45, 2.75) is 21.8 Å². The summed E-state index contributed by atoms with van der Waals surface area (Å²) in [5.41, 5.74) is -0.705. The van der Waals surface area contributed by atoms with Gasteiger partial charge in [0.1, 0.15) is 22.7 Å². The molecule has 1 heterocycles. The number of nitriles is 1. The van der Waals surface area contributed by atoms with Gasteiger partial charge in [-0.1, -0.05) is 34.8 Å². The van der Waals surface area contributed by atoms with E-state index in [1.165, 1.54) is 6.07 Å². The molecule has 2 unspecified atom stereocenters. The molecule has 0 saturated carbocycles. The zero-order valence-electron chi connectivity index (χ0n) is 14.5. The maximum atomic E-state index is 12.3. The largest absolute Gasteiger partial charge is 0.393 e. The molecule has 0 bridgehead atoms. The molecule has 1 saturated heterocycles. The van der Waals surface area contributed by atoms with Crippen LogP contribution in [0.3, 0.4) is 0 Å². The molecule has 0 radical (unpaired) electrons. The van der Waals surface area contributed by atoms with Crippen LogP contribution in [0, 0.1) is 11.3 Å². The van der Waals surface area contributed by atoms with Crippen molar-refractivity contribution in [2.75, 3.05) is 19.7 Å². The molecule has 0 aromatic heterocycles. The molecule has 0 amide bonds. The zero-order chi connectivity index (χ0) is 20.9. The number of aliphatic hydroxyl groups is 2. The summed E-state index contributed by atoms with van der Waals surface area (Å²) in [6.45, 7) is 0.271. The van der Waals surface area contributed by atoms with Gasteiger partial charge in [-0.25, -0.2) is 8.51 Å². The Balaban J connectivity index is 0.000000237. The Morgan fingerprint density at radius 1 is 1.21 bits per heavy atom. The van der Waals surface area contributed by atoms with Crippen LogP contribution in [0.25, 0.3) is 0 Å². The van der Waals surface area contributed by atoms with E-state index in [0.29, 0.717) is 38.5 Å². The average Bonchev–Trinajstić information content (AvgIpc) is 3.07. The van der Waals surface area contributed by atoms with Gasteiger partial charge in [0.05, 0.1) is 27.1 Å². The summed E-state index contributed by atoms with van der Waals surface area (Å²) in [7, 11) is -1.46. The molecule has 28 heavy (non-hydrogen) atoms. The van der Waals surface area contributed by atoms with Crippen LogP contribution in [0.1, 0.15) is 12.0 Å². The lowest BCUT2D eigenvalue weighted by Gasteiger charge is -2.20. The number of nitrogens with zero attached hydrogens (tertiary/aromatic N) is 2. The molecule has 3 rings (SSSR count). The summed E-state index contributed by atoms with van der Waals surface area (Å²) in [5, 5.41) is 28.7. The van der Waals surface area contributed by atoms with Gasteiger partial charge in [-0.15, -0.1) is 12.6 Å². The van der Waals surface area contributed by atoms with Gasteiger partial charge >= 0.3 is 0 Å². The second-order valence-corrected chi connectivity index (χ2v) is 9.32. The van der Waals surface area contributed by atoms with E-state index in [9.17, 15) is 9.32 Å². The highest BCUT2D eigenvalue weighted by Crippen LogP contribution is 2.29. The summed E-state index contributed by atoms with van der Waals surface area (Å²) in [5.74, 6) is 0. The minimum atomic E-state index is -1.46. The number of rotatable bonds is 3. The molecule has 1 aliphatic rings. The Labute approximate surface area is 186 Å². The number of thiol groups is 1. The van der Waals surface area contributed by atoms with Gasteiger partial charge in [-0.05, 0) is 42.8 Å². The molecule has 1 fully saturated rings. The summed E-state index contributed by atoms with van der Waals surface area (Å²) in [6.07, 6.45) is 0.389. The molecule has 150 valence electrons. The highest BCUT2D eigenvalue weighted by Gasteiger charge is 2.38. The number of hydrogen-bond donors (Lipinski definition) is 3. The normalized spacial score (nSPS) is 20.2. The van der Waals surface area contributed by atoms with E-state index in [1.807, 2.05) is 6.07 Å². The van der Waals surface area contributed by atoms with E-state index >= 15 is 0 Å². The number of hydrogen-bond acceptors (Lipinski definition) is 5. The highest BCUT2D eigenvalue weighted by atomic mass is 35.5. The van der Waals surface area contributed by atoms with E-state index < -0.39 is 16.6 Å². The predicted molar refractivity (Wildman–Crippen MR) is 115 cm³/mol. The van der Waals surface area contributed by atoms with E-state index in [2.05, 4.69) is 12.6 Å². The van der Waals surface area contributed by atoms with Gasteiger partial charge in [-0.2, -0.15) is 5.26 Å². The fourth-order valence-electron chi connectivity index (χ4n) is 2.44. The van der Waals surface area contributed by atoms with Crippen LogP contribution in [0.5, 0.6) is 0 Å². The lowest BCUT2D eigenvalue weighted by Crippen LogP contribution is -2.37. The quantitative estimate of drug-likeness (QED) is 0.582. The van der Waals surface area contributed by atoms with Gasteiger partial charge < -0.3 is 10.2 Å². The number of benzene rings is 2. The Kier molecular flexibility index (Phi) is 8.61. The Hall–Kier alpha value is -0.820. The first kappa shape index (κ1) is 23.5. The van der Waals surface area contributed by atoms with Crippen LogP contribution in [0.4, 0.5) is 0 Å². The fourth-order valence-corrected chi connectivity index (χ4v) is 4.72. The molecule has 2 aromatic rings. The predicted octanol–water partition coefficient (Wildman–Crippen LogP) is 3.95. The van der Waals surface area contributed by atoms with Crippen molar-refractivity contribution in [1.82, 2.24) is 4.31 Å². The van der Waals surface area contributed by atoms with Crippen LogP contribution < -0.4 is 0 Å². The first-order valence-electron chi connectivity index (χ1n) is 8.03. The lowest BCUT2D eigenvalue weighted by atomic mass is 10.1. The smallest absolute Gasteiger partial charge is 0.129 e. The number of halogens is 3. The van der Waals surface area contributed by atoms with Crippen molar-refractivity contribution in [3.05, 3.63) is 57.0 Å². The van der Waals surface area contributed by atoms with Crippen molar-refractivity contribution in [3.8, 4) is 6.07 Å². The fraction of sp³-hybridized carbons (Fsp3) is 0.278. The van der Waals surface area contributed by atoms with Crippen molar-refractivity contribution >= 4 is 58.4 Å². The van der Waals surface area contributed by atoms with Crippen LogP contribution in [0.15, 0.2) is 46.2 Å². The topological polar surface area (TPSA) is 84.6 Å². The van der Waals surface area contributed by atoms with Crippen LogP contribution in [-0.4, -0.2) is 44.0 Å². The van der Waals surface area contributed by atoms with E-state index in [4.69, 9.17) is 45.2 Å². The van der Waals surface area contributed by atoms with Crippen LogP contribution >= 0.6 is 47.4 Å². The highest BCUT2D eigenvalue weighted by molar-refractivity contribution is 7.82. The van der Waals surface area contributed by atoms with Gasteiger partial charge in [0.2, 0.25) is 0 Å². The summed E-state index contributed by atoms with van der Waals surface area (Å²) in [6, 6.07) is 11.7. The molecule has 10 heteroatoms. The Morgan fingerprint density at radius 3 is 2.46 bits per heavy atom. The van der Waals surface area contributed by atoms with Gasteiger partial charge in [0, 0.05) is 23.0 Å². The van der Waals surface area contributed by atoms with Crippen LogP contribution in [-0.2, 0) is 11.0 Å². The molecule has 5 nitrogen and oxygen atoms in total. The van der Waals surface area contributed by atoms with Gasteiger partial charge in [0.15, 0.2) is 0 Å². The summed E-state index contributed by atoms with van der Waals surface area (Å²) in [4.78, 5) is 1.21. The van der Waals surface area contributed by atoms with E-state index in [-0.39, 0.29) is 13.2 Å². The third-order valence-corrected chi connectivity index (χ3v) is 6.76. The molecule has 0 aliphatic carbocycles. The van der Waals surface area contributed by atoms with Gasteiger partial charge in [-0.3, -0.25) is 0 Å². The molecular formula is C18H17Cl3N2O3S2. The Bertz CT molecular complexity index is 923. The molecule has 2 atom stereocenters. The third kappa shape index (κ3) is 6.09. The lowest BCUT2D eigenvalue weighted by molar-refractivity contribution is -0.000502. The van der Waals surface area contributed by atoms with E-state index in [1.54, 1.807) is 34.6 Å². The molecule has 1 aliphatic heterocycles. The van der Waals surface area contributed by atoms with Crippen LogP contribution in [0.2, 0.25) is 15.1 Å². The van der Waals surface area contributed by atoms with Gasteiger partial charge in [0.25, 0.3) is 0 Å². The molecule has 2 aromatic carbocycles. The summed E-state index contributed by atoms with van der Waals surface area (Å²) >= 11 is 21.5. The summed E-state index contributed by atoms with van der Waals surface area (Å²) < 4.78 is 13.9. The van der Waals surface area contributed by atoms with Crippen molar-refractivity contribution in [1.29, 1.82) is 5.26 Å². The standard InChI is InChI=1S/C11H13Cl2NO3S.C7H4ClNS/c12-8-1-2-10(9(13)5-8)18(17)14-4-3-11(16,6-14)7-15;8-7-2-1-6(10)3-5(7)4-9/h1-2,5,15-16H,3-4,6-7H2;1-3,10H. The van der Waals surface area contributed by atoms with Crippen molar-refractivity contribution in [3.63, 3.8) is 0 Å². The second-order valence-electron chi connectivity index (χ2n) is 6.10. The third-order valence-electron chi connectivity index (χ3n) is 3.98. The molecule has 2 N–H and O–H groups in total. The second kappa shape index (κ2) is 10.3. The Morgan fingerprint density at radius 2 is 1.93 bits per heavy atom. The molecular weight excluding hydrogens is 463 g/mol. The average molecular weight is 480 g/mol. The first-order valence-corrected chi connectivity index (χ1v) is 10.7. The maximum Gasteiger partial charge on any atom is 0.129 e. The minimum Gasteiger partial charge on any atom is -0.393 e. The maximum absolute atomic E-state index is 12.3. The monoisotopic (exact) mass is 478 g/mol. The van der Waals surface area contributed by atoms with Crippen molar-refractivity contribution in [2.24, 2.45) is 0 Å². The molecule has 0 spiro atoms. The number of β-amino-alcohol motifs (C(OH)–C–C–N with tert-alkyl or cyclic N) is 1. The minimum absolute atomic E-state index is 0.162. The van der Waals surface area contributed by atoms with E-state index in [0.717, 1.165) is 4.90 Å². The first-order chi connectivity index (χ1) is 13.2.